The van der Waals surface area contributed by atoms with Gasteiger partial charge in [0.1, 0.15) is 0 Å². The van der Waals surface area contributed by atoms with Crippen molar-refractivity contribution >= 4 is 11.8 Å². The van der Waals surface area contributed by atoms with Crippen molar-refractivity contribution in [1.29, 1.82) is 0 Å². The van der Waals surface area contributed by atoms with Gasteiger partial charge in [-0.15, -0.1) is 11.8 Å². The van der Waals surface area contributed by atoms with Crippen molar-refractivity contribution in [2.45, 2.75) is 31.6 Å². The number of benzene rings is 2. The minimum absolute atomic E-state index is 0.777. The SMILES string of the molecule is CSc1ccc(-c2ccc(CCC(C)C)cc2)cc1. The Kier molecular flexibility index (Phi) is 5.09. The third-order valence-corrected chi connectivity index (χ3v) is 4.13. The van der Waals surface area contributed by atoms with E-state index in [0.717, 1.165) is 5.92 Å². The van der Waals surface area contributed by atoms with Crippen molar-refractivity contribution in [3.05, 3.63) is 54.1 Å². The Bertz CT molecular complexity index is 494. The first-order chi connectivity index (χ1) is 9.19. The van der Waals surface area contributed by atoms with E-state index in [1.54, 1.807) is 11.8 Å². The maximum absolute atomic E-state index is 2.28. The summed E-state index contributed by atoms with van der Waals surface area (Å²) in [6, 6.07) is 17.8. The Labute approximate surface area is 121 Å². The molecule has 2 aromatic carbocycles. The van der Waals surface area contributed by atoms with Gasteiger partial charge in [-0.25, -0.2) is 0 Å². The molecule has 0 atom stereocenters. The Balaban J connectivity index is 2.08. The van der Waals surface area contributed by atoms with Crippen molar-refractivity contribution in [1.82, 2.24) is 0 Å². The molecule has 19 heavy (non-hydrogen) atoms. The molecular weight excluding hydrogens is 248 g/mol. The first-order valence-corrected chi connectivity index (χ1v) is 8.15. The number of thioether (sulfide) groups is 1. The molecule has 0 heterocycles. The molecule has 0 aromatic heterocycles. The van der Waals surface area contributed by atoms with Crippen molar-refractivity contribution < 1.29 is 0 Å². The molecule has 0 spiro atoms. The summed E-state index contributed by atoms with van der Waals surface area (Å²) in [5.74, 6) is 0.777. The summed E-state index contributed by atoms with van der Waals surface area (Å²) in [5.41, 5.74) is 4.05. The van der Waals surface area contributed by atoms with Crippen molar-refractivity contribution in [3.63, 3.8) is 0 Å². The van der Waals surface area contributed by atoms with Crippen LogP contribution in [0.15, 0.2) is 53.4 Å². The fourth-order valence-corrected chi connectivity index (χ4v) is 2.51. The van der Waals surface area contributed by atoms with Crippen LogP contribution in [0, 0.1) is 5.92 Å². The zero-order valence-electron chi connectivity index (χ0n) is 12.0. The third-order valence-electron chi connectivity index (χ3n) is 3.39. The summed E-state index contributed by atoms with van der Waals surface area (Å²) >= 11 is 1.78. The van der Waals surface area contributed by atoms with E-state index in [9.17, 15) is 0 Å². The van der Waals surface area contributed by atoms with Crippen LogP contribution in [0.4, 0.5) is 0 Å². The highest BCUT2D eigenvalue weighted by molar-refractivity contribution is 7.98. The Morgan fingerprint density at radius 3 is 1.84 bits per heavy atom. The van der Waals surface area contributed by atoms with E-state index >= 15 is 0 Å². The fourth-order valence-electron chi connectivity index (χ4n) is 2.10. The lowest BCUT2D eigenvalue weighted by atomic mass is 9.99. The molecule has 0 fully saturated rings. The summed E-state index contributed by atoms with van der Waals surface area (Å²) in [6.45, 7) is 4.56. The summed E-state index contributed by atoms with van der Waals surface area (Å²) in [6.07, 6.45) is 4.56. The molecule has 0 nitrogen and oxygen atoms in total. The van der Waals surface area contributed by atoms with E-state index in [1.807, 2.05) is 0 Å². The van der Waals surface area contributed by atoms with Gasteiger partial charge >= 0.3 is 0 Å². The standard InChI is InChI=1S/C18H22S/c1-14(2)4-5-15-6-8-16(9-7-15)17-10-12-18(19-3)13-11-17/h6-14H,4-5H2,1-3H3. The second-order valence-corrected chi connectivity index (χ2v) is 6.24. The zero-order chi connectivity index (χ0) is 13.7. The van der Waals surface area contributed by atoms with Gasteiger partial charge in [0.15, 0.2) is 0 Å². The molecule has 0 saturated carbocycles. The van der Waals surface area contributed by atoms with Crippen LogP contribution in [0.5, 0.6) is 0 Å². The maximum atomic E-state index is 2.28. The predicted molar refractivity (Wildman–Crippen MR) is 86.8 cm³/mol. The van der Waals surface area contributed by atoms with Crippen molar-refractivity contribution in [3.8, 4) is 11.1 Å². The van der Waals surface area contributed by atoms with Crippen LogP contribution in [0.1, 0.15) is 25.8 Å². The van der Waals surface area contributed by atoms with Gasteiger partial charge in [0.25, 0.3) is 0 Å². The largest absolute Gasteiger partial charge is 0.130 e. The van der Waals surface area contributed by atoms with E-state index in [2.05, 4.69) is 68.6 Å². The van der Waals surface area contributed by atoms with Gasteiger partial charge in [-0.1, -0.05) is 50.2 Å². The number of hydrogen-bond donors (Lipinski definition) is 0. The Hall–Kier alpha value is -1.21. The zero-order valence-corrected chi connectivity index (χ0v) is 12.8. The number of rotatable bonds is 5. The second kappa shape index (κ2) is 6.81. The van der Waals surface area contributed by atoms with Gasteiger partial charge in [-0.05, 0) is 53.8 Å². The molecule has 0 N–H and O–H groups in total. The molecule has 0 amide bonds. The van der Waals surface area contributed by atoms with Gasteiger partial charge in [-0.2, -0.15) is 0 Å². The third kappa shape index (κ3) is 4.14. The molecule has 0 aliphatic rings. The second-order valence-electron chi connectivity index (χ2n) is 5.36. The highest BCUT2D eigenvalue weighted by Crippen LogP contribution is 2.23. The molecule has 1 heteroatoms. The average molecular weight is 270 g/mol. The van der Waals surface area contributed by atoms with Crippen LogP contribution in [0.3, 0.4) is 0 Å². The van der Waals surface area contributed by atoms with Gasteiger partial charge in [0, 0.05) is 4.90 Å². The average Bonchev–Trinajstić information content (AvgIpc) is 2.46. The quantitative estimate of drug-likeness (QED) is 0.631. The van der Waals surface area contributed by atoms with Crippen LogP contribution >= 0.6 is 11.8 Å². The number of aryl methyl sites for hydroxylation is 1. The minimum atomic E-state index is 0.777. The van der Waals surface area contributed by atoms with E-state index in [4.69, 9.17) is 0 Å². The molecule has 2 aromatic rings. The number of hydrogen-bond acceptors (Lipinski definition) is 1. The molecular formula is C18H22S. The summed E-state index contributed by atoms with van der Waals surface area (Å²) < 4.78 is 0. The highest BCUT2D eigenvalue weighted by atomic mass is 32.2. The minimum Gasteiger partial charge on any atom is -0.130 e. The van der Waals surface area contributed by atoms with Gasteiger partial charge in [0.05, 0.1) is 0 Å². The van der Waals surface area contributed by atoms with Crippen molar-refractivity contribution in [2.24, 2.45) is 5.92 Å². The maximum Gasteiger partial charge on any atom is 0.00695 e. The van der Waals surface area contributed by atoms with Crippen molar-refractivity contribution in [2.75, 3.05) is 6.26 Å². The normalized spacial score (nSPS) is 10.9. The van der Waals surface area contributed by atoms with E-state index in [0.29, 0.717) is 0 Å². The van der Waals surface area contributed by atoms with Gasteiger partial charge in [0.2, 0.25) is 0 Å². The molecule has 0 unspecified atom stereocenters. The highest BCUT2D eigenvalue weighted by Gasteiger charge is 2.00. The molecule has 0 radical (unpaired) electrons. The molecule has 100 valence electrons. The molecule has 2 rings (SSSR count). The first kappa shape index (κ1) is 14.2. The fraction of sp³-hybridized carbons (Fsp3) is 0.333. The smallest absolute Gasteiger partial charge is 0.00695 e. The summed E-state index contributed by atoms with van der Waals surface area (Å²) in [5, 5.41) is 0. The van der Waals surface area contributed by atoms with Crippen LogP contribution in [-0.4, -0.2) is 6.26 Å². The van der Waals surface area contributed by atoms with E-state index < -0.39 is 0 Å². The van der Waals surface area contributed by atoms with Crippen LogP contribution in [0.25, 0.3) is 11.1 Å². The lowest BCUT2D eigenvalue weighted by Gasteiger charge is -2.07. The molecule has 0 bridgehead atoms. The summed E-state index contributed by atoms with van der Waals surface area (Å²) in [7, 11) is 0. The van der Waals surface area contributed by atoms with Gasteiger partial charge in [-0.3, -0.25) is 0 Å². The van der Waals surface area contributed by atoms with Crippen LogP contribution in [-0.2, 0) is 6.42 Å². The topological polar surface area (TPSA) is 0 Å². The van der Waals surface area contributed by atoms with Crippen LogP contribution < -0.4 is 0 Å². The molecule has 0 aliphatic carbocycles. The van der Waals surface area contributed by atoms with E-state index in [-0.39, 0.29) is 0 Å². The Morgan fingerprint density at radius 1 is 0.842 bits per heavy atom. The summed E-state index contributed by atoms with van der Waals surface area (Å²) in [4.78, 5) is 1.32. The first-order valence-electron chi connectivity index (χ1n) is 6.92. The lowest BCUT2D eigenvalue weighted by Crippen LogP contribution is -1.91. The lowest BCUT2D eigenvalue weighted by molar-refractivity contribution is 0.587. The predicted octanol–water partition coefficient (Wildman–Crippen LogP) is 5.66. The van der Waals surface area contributed by atoms with Crippen LogP contribution in [0.2, 0.25) is 0 Å². The monoisotopic (exact) mass is 270 g/mol. The van der Waals surface area contributed by atoms with E-state index in [1.165, 1.54) is 34.4 Å². The molecule has 0 saturated heterocycles. The Morgan fingerprint density at radius 2 is 1.37 bits per heavy atom. The molecule has 0 aliphatic heterocycles. The van der Waals surface area contributed by atoms with Gasteiger partial charge < -0.3 is 0 Å².